The maximum atomic E-state index is 12.7. The Bertz CT molecular complexity index is 753. The molecular weight excluding hydrogens is 381 g/mol. The standard InChI is InChI=1S/C19H20ClF3N2O2/c1-26-24-17(14-2-3-14)10-25-9-8-16(13-4-6-15(20)7-5-13)18(11-25)27-12-19(21,22)23/h4-8,11,14H,2-3,9-10,12H2,1H3/b24-17-. The summed E-state index contributed by atoms with van der Waals surface area (Å²) >= 11 is 5.91. The summed E-state index contributed by atoms with van der Waals surface area (Å²) < 4.78 is 43.1. The molecule has 1 saturated carbocycles. The van der Waals surface area contributed by atoms with Crippen molar-refractivity contribution in [2.45, 2.75) is 19.0 Å². The van der Waals surface area contributed by atoms with E-state index in [1.807, 2.05) is 11.0 Å². The molecule has 0 atom stereocenters. The van der Waals surface area contributed by atoms with Crippen molar-refractivity contribution in [3.05, 3.63) is 52.9 Å². The van der Waals surface area contributed by atoms with Crippen LogP contribution in [0.2, 0.25) is 5.02 Å². The number of oxime groups is 1. The zero-order chi connectivity index (χ0) is 19.4. The van der Waals surface area contributed by atoms with Gasteiger partial charge in [0, 0.05) is 29.3 Å². The second-order valence-corrected chi connectivity index (χ2v) is 6.93. The molecule has 1 heterocycles. The molecule has 0 bridgehead atoms. The van der Waals surface area contributed by atoms with Crippen molar-refractivity contribution in [3.63, 3.8) is 0 Å². The summed E-state index contributed by atoms with van der Waals surface area (Å²) in [7, 11) is 1.49. The van der Waals surface area contributed by atoms with Gasteiger partial charge in [-0.3, -0.25) is 0 Å². The van der Waals surface area contributed by atoms with Crippen LogP contribution in [-0.4, -0.2) is 43.6 Å². The first kappa shape index (κ1) is 19.6. The van der Waals surface area contributed by atoms with Gasteiger partial charge in [-0.2, -0.15) is 13.2 Å². The Hall–Kier alpha value is -2.15. The van der Waals surface area contributed by atoms with E-state index < -0.39 is 12.8 Å². The molecule has 4 nitrogen and oxygen atoms in total. The molecule has 0 unspecified atom stereocenters. The molecule has 146 valence electrons. The van der Waals surface area contributed by atoms with E-state index in [0.717, 1.165) is 24.1 Å². The zero-order valence-electron chi connectivity index (χ0n) is 14.8. The van der Waals surface area contributed by atoms with E-state index in [0.29, 0.717) is 29.6 Å². The molecule has 0 spiro atoms. The van der Waals surface area contributed by atoms with Crippen LogP contribution in [-0.2, 0) is 9.57 Å². The predicted octanol–water partition coefficient (Wildman–Crippen LogP) is 4.87. The fraction of sp³-hybridized carbons (Fsp3) is 0.421. The highest BCUT2D eigenvalue weighted by Gasteiger charge is 2.32. The SMILES string of the molecule is CO/N=C(/CN1C=C(OCC(F)(F)F)C(c2ccc(Cl)cc2)=CC1)C1CC1. The molecule has 1 aliphatic carbocycles. The van der Waals surface area contributed by atoms with Gasteiger partial charge in [-0.15, -0.1) is 0 Å². The summed E-state index contributed by atoms with van der Waals surface area (Å²) in [6.45, 7) is -0.326. The van der Waals surface area contributed by atoms with Gasteiger partial charge >= 0.3 is 6.18 Å². The number of nitrogens with zero attached hydrogens (tertiary/aromatic N) is 2. The third-order valence-electron chi connectivity index (χ3n) is 4.26. The van der Waals surface area contributed by atoms with Crippen LogP contribution in [0.5, 0.6) is 0 Å². The fourth-order valence-electron chi connectivity index (χ4n) is 2.85. The van der Waals surface area contributed by atoms with Crippen LogP contribution in [0.25, 0.3) is 5.57 Å². The monoisotopic (exact) mass is 400 g/mol. The van der Waals surface area contributed by atoms with Crippen LogP contribution in [0.3, 0.4) is 0 Å². The summed E-state index contributed by atoms with van der Waals surface area (Å²) in [5, 5.41) is 4.63. The molecule has 0 N–H and O–H groups in total. The van der Waals surface area contributed by atoms with Crippen LogP contribution in [0.4, 0.5) is 13.2 Å². The molecule has 1 aromatic rings. The van der Waals surface area contributed by atoms with Crippen molar-refractivity contribution in [1.29, 1.82) is 0 Å². The lowest BCUT2D eigenvalue weighted by Crippen LogP contribution is -2.30. The molecule has 0 aromatic heterocycles. The topological polar surface area (TPSA) is 34.1 Å². The number of hydrogen-bond acceptors (Lipinski definition) is 4. The highest BCUT2D eigenvalue weighted by atomic mass is 35.5. The van der Waals surface area contributed by atoms with Gasteiger partial charge in [-0.25, -0.2) is 0 Å². The molecule has 0 amide bonds. The van der Waals surface area contributed by atoms with E-state index in [1.54, 1.807) is 30.5 Å². The first-order chi connectivity index (χ1) is 12.9. The van der Waals surface area contributed by atoms with Gasteiger partial charge in [0.1, 0.15) is 12.9 Å². The Kier molecular flexibility index (Phi) is 5.99. The van der Waals surface area contributed by atoms with E-state index in [-0.39, 0.29) is 5.76 Å². The molecule has 27 heavy (non-hydrogen) atoms. The molecular formula is C19H20ClF3N2O2. The molecule has 1 aliphatic heterocycles. The van der Waals surface area contributed by atoms with Crippen molar-refractivity contribution >= 4 is 22.9 Å². The summed E-state index contributed by atoms with van der Waals surface area (Å²) in [6.07, 6.45) is 1.17. The quantitative estimate of drug-likeness (QED) is 0.483. The van der Waals surface area contributed by atoms with Gasteiger partial charge in [0.25, 0.3) is 0 Å². The van der Waals surface area contributed by atoms with E-state index >= 15 is 0 Å². The third-order valence-corrected chi connectivity index (χ3v) is 4.52. The van der Waals surface area contributed by atoms with Crippen LogP contribution in [0, 0.1) is 5.92 Å². The lowest BCUT2D eigenvalue weighted by atomic mass is 10.0. The molecule has 0 saturated heterocycles. The molecule has 8 heteroatoms. The van der Waals surface area contributed by atoms with E-state index in [1.165, 1.54) is 7.11 Å². The van der Waals surface area contributed by atoms with Gasteiger partial charge in [-0.05, 0) is 30.5 Å². The largest absolute Gasteiger partial charge is 0.482 e. The molecule has 0 radical (unpaired) electrons. The van der Waals surface area contributed by atoms with Crippen molar-refractivity contribution in [2.24, 2.45) is 11.1 Å². The van der Waals surface area contributed by atoms with Crippen molar-refractivity contribution < 1.29 is 22.7 Å². The Morgan fingerprint density at radius 2 is 1.96 bits per heavy atom. The summed E-state index contributed by atoms with van der Waals surface area (Å²) in [5.74, 6) is 0.563. The van der Waals surface area contributed by atoms with Crippen LogP contribution < -0.4 is 0 Å². The number of hydrogen-bond donors (Lipinski definition) is 0. The highest BCUT2D eigenvalue weighted by molar-refractivity contribution is 6.30. The maximum Gasteiger partial charge on any atom is 0.422 e. The van der Waals surface area contributed by atoms with Crippen LogP contribution in [0.1, 0.15) is 18.4 Å². The lowest BCUT2D eigenvalue weighted by molar-refractivity contribution is -0.163. The number of alkyl halides is 3. The first-order valence-corrected chi connectivity index (χ1v) is 8.95. The minimum atomic E-state index is -4.41. The van der Waals surface area contributed by atoms with Crippen molar-refractivity contribution in [3.8, 4) is 0 Å². The summed E-state index contributed by atoms with van der Waals surface area (Å²) in [6, 6.07) is 6.91. The van der Waals surface area contributed by atoms with Gasteiger partial charge in [0.15, 0.2) is 6.61 Å². The third kappa shape index (κ3) is 5.66. The van der Waals surface area contributed by atoms with E-state index in [4.69, 9.17) is 21.2 Å². The van der Waals surface area contributed by atoms with E-state index in [2.05, 4.69) is 5.16 Å². The molecule has 2 aliphatic rings. The number of rotatable bonds is 7. The summed E-state index contributed by atoms with van der Waals surface area (Å²) in [5.41, 5.74) is 2.26. The smallest absolute Gasteiger partial charge is 0.422 e. The minimum Gasteiger partial charge on any atom is -0.482 e. The molecule has 1 aromatic carbocycles. The number of halogens is 4. The van der Waals surface area contributed by atoms with E-state index in [9.17, 15) is 13.2 Å². The Morgan fingerprint density at radius 3 is 2.56 bits per heavy atom. The average molecular weight is 401 g/mol. The van der Waals surface area contributed by atoms with Crippen molar-refractivity contribution in [1.82, 2.24) is 4.90 Å². The van der Waals surface area contributed by atoms with Gasteiger partial charge < -0.3 is 14.5 Å². The maximum absolute atomic E-state index is 12.7. The molecule has 3 rings (SSSR count). The predicted molar refractivity (Wildman–Crippen MR) is 98.3 cm³/mol. The summed E-state index contributed by atoms with van der Waals surface area (Å²) in [4.78, 5) is 6.78. The van der Waals surface area contributed by atoms with Crippen molar-refractivity contribution in [2.75, 3.05) is 26.8 Å². The Balaban J connectivity index is 1.80. The number of benzene rings is 1. The lowest BCUT2D eigenvalue weighted by Gasteiger charge is -2.27. The number of ether oxygens (including phenoxy) is 1. The van der Waals surface area contributed by atoms with Gasteiger partial charge in [0.2, 0.25) is 0 Å². The van der Waals surface area contributed by atoms with Crippen LogP contribution >= 0.6 is 11.6 Å². The Morgan fingerprint density at radius 1 is 1.26 bits per heavy atom. The van der Waals surface area contributed by atoms with Gasteiger partial charge in [-0.1, -0.05) is 35.0 Å². The number of allylic oxidation sites excluding steroid dienone is 1. The normalized spacial score (nSPS) is 18.1. The highest BCUT2D eigenvalue weighted by Crippen LogP contribution is 2.33. The second-order valence-electron chi connectivity index (χ2n) is 6.49. The minimum absolute atomic E-state index is 0.175. The second kappa shape index (κ2) is 8.25. The first-order valence-electron chi connectivity index (χ1n) is 8.57. The zero-order valence-corrected chi connectivity index (χ0v) is 15.6. The van der Waals surface area contributed by atoms with Gasteiger partial charge in [0.05, 0.1) is 12.3 Å². The average Bonchev–Trinajstić information content (AvgIpc) is 3.45. The Labute approximate surface area is 160 Å². The van der Waals surface area contributed by atoms with Crippen LogP contribution in [0.15, 0.2) is 47.5 Å². The molecule has 1 fully saturated rings. The fourth-order valence-corrected chi connectivity index (χ4v) is 2.97.